The molecule has 0 aromatic rings. The topological polar surface area (TPSA) is 24.5 Å². The summed E-state index contributed by atoms with van der Waals surface area (Å²) >= 11 is 0. The van der Waals surface area contributed by atoms with E-state index in [1.54, 1.807) is 0 Å². The number of nitrogens with one attached hydrogen (secondary N) is 1. The molecule has 0 aliphatic carbocycles. The summed E-state index contributed by atoms with van der Waals surface area (Å²) < 4.78 is 5.61. The first-order valence-electron chi connectivity index (χ1n) is 7.44. The van der Waals surface area contributed by atoms with Crippen LogP contribution >= 0.6 is 0 Å². The van der Waals surface area contributed by atoms with E-state index in [-0.39, 0.29) is 0 Å². The Morgan fingerprint density at radius 3 is 2.44 bits per heavy atom. The Balaban J connectivity index is 4.05. The van der Waals surface area contributed by atoms with Crippen molar-refractivity contribution in [2.75, 3.05) is 39.8 Å². The summed E-state index contributed by atoms with van der Waals surface area (Å²) in [7, 11) is 2.20. The van der Waals surface area contributed by atoms with Gasteiger partial charge in [-0.15, -0.1) is 0 Å². The van der Waals surface area contributed by atoms with E-state index in [1.807, 2.05) is 0 Å². The molecule has 3 nitrogen and oxygen atoms in total. The Bertz CT molecular complexity index is 197. The molecule has 1 unspecified atom stereocenters. The summed E-state index contributed by atoms with van der Waals surface area (Å²) in [6.07, 6.45) is 2.86. The number of likely N-dealkylation sites (N-methyl/N-ethyl adjacent to an activating group) is 1. The van der Waals surface area contributed by atoms with E-state index in [0.29, 0.717) is 11.5 Å². The highest BCUT2D eigenvalue weighted by Gasteiger charge is 2.24. The smallest absolute Gasteiger partial charge is 0.0596 e. The van der Waals surface area contributed by atoms with Crippen LogP contribution in [0.2, 0.25) is 0 Å². The van der Waals surface area contributed by atoms with Gasteiger partial charge in [0, 0.05) is 19.6 Å². The van der Waals surface area contributed by atoms with Crippen LogP contribution in [0.15, 0.2) is 0 Å². The molecule has 0 heterocycles. The summed E-state index contributed by atoms with van der Waals surface area (Å²) in [5, 5.41) is 3.50. The summed E-state index contributed by atoms with van der Waals surface area (Å²) in [6.45, 7) is 16.2. The Kier molecular flexibility index (Phi) is 9.70. The van der Waals surface area contributed by atoms with Gasteiger partial charge in [-0.1, -0.05) is 27.2 Å². The highest BCUT2D eigenvalue weighted by atomic mass is 16.5. The molecule has 0 radical (unpaired) electrons. The van der Waals surface area contributed by atoms with Gasteiger partial charge in [0.05, 0.1) is 12.7 Å². The zero-order valence-corrected chi connectivity index (χ0v) is 13.4. The lowest BCUT2D eigenvalue weighted by atomic mass is 9.85. The van der Waals surface area contributed by atoms with Crippen molar-refractivity contribution >= 4 is 0 Å². The second-order valence-electron chi connectivity index (χ2n) is 6.00. The molecule has 18 heavy (non-hydrogen) atoms. The fourth-order valence-corrected chi connectivity index (χ4v) is 2.43. The average Bonchev–Trinajstić information content (AvgIpc) is 2.26. The molecule has 0 amide bonds. The normalized spacial score (nSPS) is 15.3. The lowest BCUT2D eigenvalue weighted by Gasteiger charge is -2.34. The van der Waals surface area contributed by atoms with Crippen LogP contribution in [0, 0.1) is 5.41 Å². The van der Waals surface area contributed by atoms with Crippen LogP contribution in [0.1, 0.15) is 47.5 Å². The highest BCUT2D eigenvalue weighted by Crippen LogP contribution is 2.23. The summed E-state index contributed by atoms with van der Waals surface area (Å²) in [5.74, 6) is 0. The Hall–Kier alpha value is -0.120. The first-order valence-corrected chi connectivity index (χ1v) is 7.44. The molecule has 0 spiro atoms. The van der Waals surface area contributed by atoms with Gasteiger partial charge in [0.2, 0.25) is 0 Å². The van der Waals surface area contributed by atoms with Crippen molar-refractivity contribution in [3.05, 3.63) is 0 Å². The SMILES string of the molecule is CCCC(C)(CNCC)CN(C)CCOC(C)C. The first kappa shape index (κ1) is 17.9. The van der Waals surface area contributed by atoms with E-state index in [2.05, 4.69) is 51.9 Å². The monoisotopic (exact) mass is 258 g/mol. The Morgan fingerprint density at radius 2 is 1.94 bits per heavy atom. The maximum absolute atomic E-state index is 5.61. The zero-order valence-electron chi connectivity index (χ0n) is 13.4. The van der Waals surface area contributed by atoms with Gasteiger partial charge in [-0.05, 0) is 39.3 Å². The minimum absolute atomic E-state index is 0.335. The molecule has 3 heteroatoms. The third kappa shape index (κ3) is 8.90. The van der Waals surface area contributed by atoms with Crippen molar-refractivity contribution in [3.63, 3.8) is 0 Å². The fraction of sp³-hybridized carbons (Fsp3) is 1.00. The molecular formula is C15H34N2O. The minimum atomic E-state index is 0.335. The first-order chi connectivity index (χ1) is 8.43. The van der Waals surface area contributed by atoms with Gasteiger partial charge >= 0.3 is 0 Å². The minimum Gasteiger partial charge on any atom is -0.377 e. The van der Waals surface area contributed by atoms with E-state index in [4.69, 9.17) is 4.74 Å². The number of nitrogens with zero attached hydrogens (tertiary/aromatic N) is 1. The Labute approximate surface area is 114 Å². The number of hydrogen-bond donors (Lipinski definition) is 1. The van der Waals surface area contributed by atoms with Crippen LogP contribution in [0.4, 0.5) is 0 Å². The number of hydrogen-bond acceptors (Lipinski definition) is 3. The predicted molar refractivity (Wildman–Crippen MR) is 80.1 cm³/mol. The molecular weight excluding hydrogens is 224 g/mol. The maximum Gasteiger partial charge on any atom is 0.0596 e. The van der Waals surface area contributed by atoms with Crippen molar-refractivity contribution in [1.29, 1.82) is 0 Å². The lowest BCUT2D eigenvalue weighted by molar-refractivity contribution is 0.0547. The molecule has 1 atom stereocenters. The predicted octanol–water partition coefficient (Wildman–Crippen LogP) is 2.76. The lowest BCUT2D eigenvalue weighted by Crippen LogP contribution is -2.42. The van der Waals surface area contributed by atoms with Crippen LogP contribution in [-0.4, -0.2) is 50.8 Å². The molecule has 0 aromatic carbocycles. The van der Waals surface area contributed by atoms with Gasteiger partial charge in [-0.2, -0.15) is 0 Å². The molecule has 0 bridgehead atoms. The van der Waals surface area contributed by atoms with Gasteiger partial charge in [0.15, 0.2) is 0 Å². The largest absolute Gasteiger partial charge is 0.377 e. The van der Waals surface area contributed by atoms with E-state index < -0.39 is 0 Å². The number of rotatable bonds is 11. The molecule has 110 valence electrons. The van der Waals surface area contributed by atoms with Gasteiger partial charge in [-0.3, -0.25) is 0 Å². The Morgan fingerprint density at radius 1 is 1.28 bits per heavy atom. The average molecular weight is 258 g/mol. The highest BCUT2D eigenvalue weighted by molar-refractivity contribution is 4.79. The molecule has 0 saturated heterocycles. The second-order valence-corrected chi connectivity index (χ2v) is 6.00. The van der Waals surface area contributed by atoms with Gasteiger partial charge in [0.1, 0.15) is 0 Å². The van der Waals surface area contributed by atoms with Gasteiger partial charge < -0.3 is 15.0 Å². The van der Waals surface area contributed by atoms with Crippen LogP contribution in [-0.2, 0) is 4.74 Å². The summed E-state index contributed by atoms with van der Waals surface area (Å²) in [6, 6.07) is 0. The van der Waals surface area contributed by atoms with Crippen molar-refractivity contribution in [2.45, 2.75) is 53.6 Å². The molecule has 0 rings (SSSR count). The standard InChI is InChI=1S/C15H34N2O/c1-7-9-15(5,12-16-8-2)13-17(6)10-11-18-14(3)4/h14,16H,7-13H2,1-6H3. The van der Waals surface area contributed by atoms with Crippen molar-refractivity contribution in [2.24, 2.45) is 5.41 Å². The van der Waals surface area contributed by atoms with Gasteiger partial charge in [-0.25, -0.2) is 0 Å². The van der Waals surface area contributed by atoms with Crippen molar-refractivity contribution < 1.29 is 4.74 Å². The van der Waals surface area contributed by atoms with Crippen LogP contribution < -0.4 is 5.32 Å². The van der Waals surface area contributed by atoms with E-state index in [1.165, 1.54) is 12.8 Å². The quantitative estimate of drug-likeness (QED) is 0.617. The molecule has 0 aromatic heterocycles. The van der Waals surface area contributed by atoms with Crippen LogP contribution in [0.3, 0.4) is 0 Å². The zero-order chi connectivity index (χ0) is 14.0. The van der Waals surface area contributed by atoms with E-state index in [9.17, 15) is 0 Å². The third-order valence-corrected chi connectivity index (χ3v) is 3.23. The second kappa shape index (κ2) is 9.76. The van der Waals surface area contributed by atoms with E-state index in [0.717, 1.165) is 32.8 Å². The van der Waals surface area contributed by atoms with Crippen molar-refractivity contribution in [1.82, 2.24) is 10.2 Å². The van der Waals surface area contributed by atoms with Crippen LogP contribution in [0.5, 0.6) is 0 Å². The molecule has 0 aliphatic rings. The maximum atomic E-state index is 5.61. The summed E-state index contributed by atoms with van der Waals surface area (Å²) in [5.41, 5.74) is 0.372. The molecule has 0 saturated carbocycles. The summed E-state index contributed by atoms with van der Waals surface area (Å²) in [4.78, 5) is 2.40. The molecule has 0 aliphatic heterocycles. The fourth-order valence-electron chi connectivity index (χ4n) is 2.43. The third-order valence-electron chi connectivity index (χ3n) is 3.23. The molecule has 0 fully saturated rings. The molecule has 1 N–H and O–H groups in total. The van der Waals surface area contributed by atoms with Crippen molar-refractivity contribution in [3.8, 4) is 0 Å². The van der Waals surface area contributed by atoms with Crippen LogP contribution in [0.25, 0.3) is 0 Å². The van der Waals surface area contributed by atoms with E-state index >= 15 is 0 Å². The van der Waals surface area contributed by atoms with Gasteiger partial charge in [0.25, 0.3) is 0 Å². The number of ether oxygens (including phenoxy) is 1.